The number of aromatic nitrogens is 2. The number of nitrogens with one attached hydrogen (secondary N) is 2. The minimum absolute atomic E-state index is 0.261. The summed E-state index contributed by atoms with van der Waals surface area (Å²) in [6.45, 7) is 4.96. The van der Waals surface area contributed by atoms with Gasteiger partial charge < -0.3 is 15.4 Å². The van der Waals surface area contributed by atoms with Crippen LogP contribution in [0.4, 0.5) is 11.5 Å². The molecule has 22 heavy (non-hydrogen) atoms. The predicted octanol–water partition coefficient (Wildman–Crippen LogP) is 2.21. The fourth-order valence-corrected chi connectivity index (χ4v) is 2.02. The number of hydrogen-bond acceptors (Lipinski definition) is 5. The maximum atomic E-state index is 11.8. The number of para-hydroxylation sites is 1. The van der Waals surface area contributed by atoms with E-state index in [0.29, 0.717) is 19.0 Å². The van der Waals surface area contributed by atoms with E-state index in [9.17, 15) is 4.79 Å². The van der Waals surface area contributed by atoms with Crippen molar-refractivity contribution < 1.29 is 9.53 Å². The van der Waals surface area contributed by atoms with E-state index in [2.05, 4.69) is 20.8 Å². The highest BCUT2D eigenvalue weighted by molar-refractivity contribution is 5.92. The molecule has 0 atom stereocenters. The molecule has 2 rings (SSSR count). The maximum Gasteiger partial charge on any atom is 0.271 e. The maximum absolute atomic E-state index is 11.8. The van der Waals surface area contributed by atoms with Crippen LogP contribution in [0, 0.1) is 13.8 Å². The van der Waals surface area contributed by atoms with E-state index in [-0.39, 0.29) is 11.6 Å². The minimum Gasteiger partial charge on any atom is -0.383 e. The van der Waals surface area contributed by atoms with Crippen molar-refractivity contribution >= 4 is 17.4 Å². The lowest BCUT2D eigenvalue weighted by Gasteiger charge is -2.11. The second-order valence-electron chi connectivity index (χ2n) is 4.94. The number of nitrogens with zero attached hydrogens (tertiary/aromatic N) is 2. The summed E-state index contributed by atoms with van der Waals surface area (Å²) in [6, 6.07) is 9.45. The number of methoxy groups -OCH3 is 1. The topological polar surface area (TPSA) is 76.1 Å². The molecule has 1 aromatic heterocycles. The van der Waals surface area contributed by atoms with E-state index in [1.54, 1.807) is 19.2 Å². The number of rotatable bonds is 6. The molecular formula is C16H20N4O2. The van der Waals surface area contributed by atoms with Crippen molar-refractivity contribution in [3.63, 3.8) is 0 Å². The van der Waals surface area contributed by atoms with E-state index < -0.39 is 0 Å². The van der Waals surface area contributed by atoms with Crippen LogP contribution in [0.3, 0.4) is 0 Å². The van der Waals surface area contributed by atoms with Gasteiger partial charge in [-0.05, 0) is 37.1 Å². The standard InChI is InChI=1S/C16H20N4O2/c1-11-5-4-6-12(2)15(11)18-14-8-7-13(19-20-14)16(21)17-9-10-22-3/h4-8H,9-10H2,1-3H3,(H,17,21)(H,18,20). The van der Waals surface area contributed by atoms with Crippen molar-refractivity contribution in [1.29, 1.82) is 0 Å². The van der Waals surface area contributed by atoms with Crippen molar-refractivity contribution in [2.24, 2.45) is 0 Å². The summed E-state index contributed by atoms with van der Waals surface area (Å²) in [7, 11) is 1.58. The lowest BCUT2D eigenvalue weighted by Crippen LogP contribution is -2.27. The van der Waals surface area contributed by atoms with Crippen molar-refractivity contribution in [2.75, 3.05) is 25.6 Å². The summed E-state index contributed by atoms with van der Waals surface area (Å²) in [5, 5.41) is 13.9. The molecule has 0 radical (unpaired) electrons. The van der Waals surface area contributed by atoms with Crippen molar-refractivity contribution in [3.05, 3.63) is 47.2 Å². The summed E-state index contributed by atoms with van der Waals surface area (Å²) < 4.78 is 4.88. The normalized spacial score (nSPS) is 10.3. The first-order valence-electron chi connectivity index (χ1n) is 7.06. The Morgan fingerprint density at radius 3 is 2.45 bits per heavy atom. The van der Waals surface area contributed by atoms with Crippen LogP contribution in [-0.2, 0) is 4.74 Å². The lowest BCUT2D eigenvalue weighted by atomic mass is 10.1. The summed E-state index contributed by atoms with van der Waals surface area (Å²) in [4.78, 5) is 11.8. The SMILES string of the molecule is COCCNC(=O)c1ccc(Nc2c(C)cccc2C)nn1. The molecule has 0 unspecified atom stereocenters. The lowest BCUT2D eigenvalue weighted by molar-refractivity contribution is 0.0931. The fraction of sp³-hybridized carbons (Fsp3) is 0.312. The van der Waals surface area contributed by atoms with Crippen LogP contribution in [0.15, 0.2) is 30.3 Å². The number of hydrogen-bond donors (Lipinski definition) is 2. The zero-order valence-corrected chi connectivity index (χ0v) is 13.0. The van der Waals surface area contributed by atoms with Crippen LogP contribution >= 0.6 is 0 Å². The smallest absolute Gasteiger partial charge is 0.271 e. The summed E-state index contributed by atoms with van der Waals surface area (Å²) in [5.74, 6) is 0.342. The third-order valence-corrected chi connectivity index (χ3v) is 3.22. The van der Waals surface area contributed by atoms with Crippen LogP contribution in [-0.4, -0.2) is 36.4 Å². The summed E-state index contributed by atoms with van der Waals surface area (Å²) >= 11 is 0. The van der Waals surface area contributed by atoms with Crippen LogP contribution in [0.1, 0.15) is 21.6 Å². The van der Waals surface area contributed by atoms with Crippen LogP contribution in [0.2, 0.25) is 0 Å². The Hall–Kier alpha value is -2.47. The first-order chi connectivity index (χ1) is 10.6. The van der Waals surface area contributed by atoms with Crippen LogP contribution in [0.5, 0.6) is 0 Å². The van der Waals surface area contributed by atoms with Gasteiger partial charge in [-0.25, -0.2) is 0 Å². The van der Waals surface area contributed by atoms with Gasteiger partial charge in [-0.3, -0.25) is 4.79 Å². The zero-order valence-electron chi connectivity index (χ0n) is 13.0. The molecule has 0 fully saturated rings. The minimum atomic E-state index is -0.261. The number of carbonyl (C=O) groups is 1. The van der Waals surface area contributed by atoms with Gasteiger partial charge in [0.15, 0.2) is 11.5 Å². The molecule has 6 nitrogen and oxygen atoms in total. The largest absolute Gasteiger partial charge is 0.383 e. The predicted molar refractivity (Wildman–Crippen MR) is 85.4 cm³/mol. The number of benzene rings is 1. The van der Waals surface area contributed by atoms with Gasteiger partial charge in [0.25, 0.3) is 5.91 Å². The second-order valence-corrected chi connectivity index (χ2v) is 4.94. The van der Waals surface area contributed by atoms with Crippen molar-refractivity contribution in [3.8, 4) is 0 Å². The zero-order chi connectivity index (χ0) is 15.9. The van der Waals surface area contributed by atoms with Gasteiger partial charge in [0, 0.05) is 19.3 Å². The average molecular weight is 300 g/mol. The van der Waals surface area contributed by atoms with E-state index in [4.69, 9.17) is 4.74 Å². The second kappa shape index (κ2) is 7.51. The van der Waals surface area contributed by atoms with E-state index >= 15 is 0 Å². The Morgan fingerprint density at radius 2 is 1.86 bits per heavy atom. The van der Waals surface area contributed by atoms with Gasteiger partial charge in [0.2, 0.25) is 0 Å². The quantitative estimate of drug-likeness (QED) is 0.800. The molecule has 0 aliphatic heterocycles. The number of ether oxygens (including phenoxy) is 1. The molecule has 6 heteroatoms. The van der Waals surface area contributed by atoms with Gasteiger partial charge in [-0.1, -0.05) is 18.2 Å². The monoisotopic (exact) mass is 300 g/mol. The van der Waals surface area contributed by atoms with Gasteiger partial charge >= 0.3 is 0 Å². The molecule has 1 amide bonds. The number of anilines is 2. The molecule has 0 saturated heterocycles. The fourth-order valence-electron chi connectivity index (χ4n) is 2.02. The highest BCUT2D eigenvalue weighted by atomic mass is 16.5. The average Bonchev–Trinajstić information content (AvgIpc) is 2.52. The number of aryl methyl sites for hydroxylation is 2. The summed E-state index contributed by atoms with van der Waals surface area (Å²) in [5.41, 5.74) is 3.55. The first-order valence-corrected chi connectivity index (χ1v) is 7.06. The highest BCUT2D eigenvalue weighted by Gasteiger charge is 2.08. The Morgan fingerprint density at radius 1 is 1.14 bits per heavy atom. The molecule has 116 valence electrons. The molecular weight excluding hydrogens is 280 g/mol. The Balaban J connectivity index is 2.04. The molecule has 0 spiro atoms. The van der Waals surface area contributed by atoms with Gasteiger partial charge in [0.05, 0.1) is 6.61 Å². The third kappa shape index (κ3) is 4.02. The molecule has 1 heterocycles. The Labute approximate surface area is 129 Å². The molecule has 0 aliphatic rings. The van der Waals surface area contributed by atoms with Gasteiger partial charge in [-0.15, -0.1) is 10.2 Å². The number of amides is 1. The Bertz CT molecular complexity index is 621. The van der Waals surface area contributed by atoms with Crippen molar-refractivity contribution in [2.45, 2.75) is 13.8 Å². The summed E-state index contributed by atoms with van der Waals surface area (Å²) in [6.07, 6.45) is 0. The highest BCUT2D eigenvalue weighted by Crippen LogP contribution is 2.22. The van der Waals surface area contributed by atoms with E-state index in [1.807, 2.05) is 32.0 Å². The van der Waals surface area contributed by atoms with Crippen molar-refractivity contribution in [1.82, 2.24) is 15.5 Å². The molecule has 2 aromatic rings. The van der Waals surface area contributed by atoms with E-state index in [0.717, 1.165) is 16.8 Å². The molecule has 1 aromatic carbocycles. The molecule has 0 saturated carbocycles. The van der Waals surface area contributed by atoms with E-state index in [1.165, 1.54) is 0 Å². The van der Waals surface area contributed by atoms with Crippen LogP contribution < -0.4 is 10.6 Å². The van der Waals surface area contributed by atoms with Gasteiger partial charge in [-0.2, -0.15) is 0 Å². The number of carbonyl (C=O) groups excluding carboxylic acids is 1. The molecule has 0 bridgehead atoms. The molecule has 0 aliphatic carbocycles. The Kier molecular flexibility index (Phi) is 5.43. The third-order valence-electron chi connectivity index (χ3n) is 3.22. The van der Waals surface area contributed by atoms with Gasteiger partial charge in [0.1, 0.15) is 0 Å². The first kappa shape index (κ1) is 15.9. The van der Waals surface area contributed by atoms with Crippen LogP contribution in [0.25, 0.3) is 0 Å². The molecule has 2 N–H and O–H groups in total.